The molecular formula is C27H39N7O4. The molecule has 3 N–H and O–H groups in total. The van der Waals surface area contributed by atoms with Gasteiger partial charge < -0.3 is 35.2 Å². The van der Waals surface area contributed by atoms with Crippen LogP contribution in [0, 0.1) is 0 Å². The molecule has 1 atom stereocenters. The molecule has 2 aliphatic rings. The van der Waals surface area contributed by atoms with Crippen LogP contribution in [0.4, 0.5) is 23.1 Å². The molecule has 1 aliphatic carbocycles. The van der Waals surface area contributed by atoms with Crippen molar-refractivity contribution in [2.24, 2.45) is 0 Å². The number of likely N-dealkylation sites (N-methyl/N-ethyl adjacent to an activating group) is 2. The topological polar surface area (TPSA) is 123 Å². The van der Waals surface area contributed by atoms with Crippen LogP contribution >= 0.6 is 0 Å². The molecule has 0 saturated heterocycles. The van der Waals surface area contributed by atoms with E-state index in [-0.39, 0.29) is 37.1 Å². The van der Waals surface area contributed by atoms with Crippen LogP contribution in [0.15, 0.2) is 24.4 Å². The van der Waals surface area contributed by atoms with Gasteiger partial charge >= 0.3 is 0 Å². The number of anilines is 4. The summed E-state index contributed by atoms with van der Waals surface area (Å²) in [6.07, 6.45) is 6.75. The minimum absolute atomic E-state index is 0.0651. The summed E-state index contributed by atoms with van der Waals surface area (Å²) >= 11 is 0. The van der Waals surface area contributed by atoms with Gasteiger partial charge in [-0.25, -0.2) is 4.98 Å². The maximum atomic E-state index is 13.1. The van der Waals surface area contributed by atoms with E-state index in [1.54, 1.807) is 36.3 Å². The van der Waals surface area contributed by atoms with Gasteiger partial charge in [0, 0.05) is 31.7 Å². The van der Waals surface area contributed by atoms with Gasteiger partial charge in [-0.1, -0.05) is 19.8 Å². The molecule has 0 bridgehead atoms. The zero-order valence-electron chi connectivity index (χ0n) is 22.7. The molecule has 1 aromatic carbocycles. The highest BCUT2D eigenvalue weighted by Gasteiger charge is 2.41. The lowest BCUT2D eigenvalue weighted by molar-refractivity contribution is -0.120. The van der Waals surface area contributed by atoms with Gasteiger partial charge in [0.1, 0.15) is 24.1 Å². The summed E-state index contributed by atoms with van der Waals surface area (Å²) in [5.41, 5.74) is 1.72. The smallest absolute Gasteiger partial charge is 0.251 e. The van der Waals surface area contributed by atoms with Crippen molar-refractivity contribution in [3.8, 4) is 5.75 Å². The number of nitrogens with zero attached hydrogens (tertiary/aromatic N) is 5. The van der Waals surface area contributed by atoms with E-state index < -0.39 is 0 Å². The molecule has 1 aromatic heterocycles. The van der Waals surface area contributed by atoms with Gasteiger partial charge in [-0.15, -0.1) is 0 Å². The molecule has 11 heteroatoms. The lowest BCUT2D eigenvalue weighted by atomic mass is 10.0. The lowest BCUT2D eigenvalue weighted by Crippen LogP contribution is -2.55. The largest absolute Gasteiger partial charge is 0.489 e. The third-order valence-electron chi connectivity index (χ3n) is 7.10. The highest BCUT2D eigenvalue weighted by Crippen LogP contribution is 2.40. The minimum atomic E-state index is -0.257. The van der Waals surface area contributed by atoms with Crippen molar-refractivity contribution in [1.82, 2.24) is 20.2 Å². The molecule has 1 saturated carbocycles. The first-order valence-corrected chi connectivity index (χ1v) is 13.3. The zero-order chi connectivity index (χ0) is 27.2. The Bertz CT molecular complexity index is 1140. The van der Waals surface area contributed by atoms with E-state index >= 15 is 0 Å². The summed E-state index contributed by atoms with van der Waals surface area (Å²) in [4.78, 5) is 41.0. The van der Waals surface area contributed by atoms with Crippen molar-refractivity contribution in [1.29, 1.82) is 0 Å². The number of aromatic nitrogens is 2. The molecule has 0 spiro atoms. The number of aliphatic hydroxyl groups excluding tert-OH is 1. The van der Waals surface area contributed by atoms with Crippen LogP contribution < -0.4 is 25.2 Å². The van der Waals surface area contributed by atoms with Gasteiger partial charge in [-0.05, 0) is 51.6 Å². The first kappa shape index (κ1) is 27.6. The van der Waals surface area contributed by atoms with Crippen LogP contribution in [0.3, 0.4) is 0 Å². The summed E-state index contributed by atoms with van der Waals surface area (Å²) in [6.45, 7) is 3.20. The van der Waals surface area contributed by atoms with Crippen molar-refractivity contribution >= 4 is 35.0 Å². The molecule has 4 rings (SSSR count). The number of hydrogen-bond donors (Lipinski definition) is 3. The SMILES string of the molecule is CC[C@@H]1C(=O)N(C)c2cnc(Nc3ccc(C(=O)NCCN(C)C)cc3OCCO)nc2N1C1CCCC1. The number of carbonyl (C=O) groups excluding carboxylic acids is 2. The Kier molecular flexibility index (Phi) is 9.01. The first-order valence-electron chi connectivity index (χ1n) is 13.3. The predicted molar refractivity (Wildman–Crippen MR) is 147 cm³/mol. The third kappa shape index (κ3) is 5.99. The second kappa shape index (κ2) is 12.4. The molecule has 0 unspecified atom stereocenters. The number of fused-ring (bicyclic) bond motifs is 1. The van der Waals surface area contributed by atoms with Crippen LogP contribution in [0.25, 0.3) is 0 Å². The first-order chi connectivity index (χ1) is 18.3. The Hall–Kier alpha value is -3.44. The highest BCUT2D eigenvalue weighted by atomic mass is 16.5. The van der Waals surface area contributed by atoms with Crippen LogP contribution in [0.2, 0.25) is 0 Å². The molecule has 2 amide bonds. The maximum Gasteiger partial charge on any atom is 0.251 e. The van der Waals surface area contributed by atoms with Crippen LogP contribution in [0.1, 0.15) is 49.4 Å². The Morgan fingerprint density at radius 1 is 1.26 bits per heavy atom. The van der Waals surface area contributed by atoms with Gasteiger partial charge in [0.2, 0.25) is 11.9 Å². The van der Waals surface area contributed by atoms with Crippen molar-refractivity contribution < 1.29 is 19.4 Å². The molecule has 11 nitrogen and oxygen atoms in total. The minimum Gasteiger partial charge on any atom is -0.489 e. The maximum absolute atomic E-state index is 13.1. The second-order valence-corrected chi connectivity index (χ2v) is 10.0. The Balaban J connectivity index is 1.62. The summed E-state index contributed by atoms with van der Waals surface area (Å²) in [5.74, 6) is 1.38. The lowest BCUT2D eigenvalue weighted by Gasteiger charge is -2.43. The van der Waals surface area contributed by atoms with Gasteiger partial charge in [0.25, 0.3) is 5.91 Å². The number of nitrogens with one attached hydrogen (secondary N) is 2. The van der Waals surface area contributed by atoms with Gasteiger partial charge in [0.15, 0.2) is 5.82 Å². The fraction of sp³-hybridized carbons (Fsp3) is 0.556. The van der Waals surface area contributed by atoms with E-state index in [0.717, 1.165) is 38.0 Å². The fourth-order valence-corrected chi connectivity index (χ4v) is 5.10. The van der Waals surface area contributed by atoms with Gasteiger partial charge in [-0.3, -0.25) is 9.59 Å². The highest BCUT2D eigenvalue weighted by molar-refractivity contribution is 6.04. The van der Waals surface area contributed by atoms with Crippen molar-refractivity contribution in [2.45, 2.75) is 51.1 Å². The molecule has 0 radical (unpaired) electrons. The monoisotopic (exact) mass is 525 g/mol. The van der Waals surface area contributed by atoms with Crippen molar-refractivity contribution in [2.75, 3.05) is 62.6 Å². The number of ether oxygens (including phenoxy) is 1. The quantitative estimate of drug-likeness (QED) is 0.406. The average molecular weight is 526 g/mol. The van der Waals surface area contributed by atoms with Gasteiger partial charge in [0.05, 0.1) is 18.5 Å². The Morgan fingerprint density at radius 3 is 2.71 bits per heavy atom. The third-order valence-corrected chi connectivity index (χ3v) is 7.10. The van der Waals surface area contributed by atoms with E-state index in [9.17, 15) is 14.7 Å². The van der Waals surface area contributed by atoms with E-state index in [0.29, 0.717) is 41.6 Å². The zero-order valence-corrected chi connectivity index (χ0v) is 22.7. The number of amides is 2. The van der Waals surface area contributed by atoms with Gasteiger partial charge in [-0.2, -0.15) is 4.98 Å². The van der Waals surface area contributed by atoms with Crippen molar-refractivity contribution in [3.05, 3.63) is 30.0 Å². The number of carbonyl (C=O) groups is 2. The predicted octanol–water partition coefficient (Wildman–Crippen LogP) is 2.39. The summed E-state index contributed by atoms with van der Waals surface area (Å²) in [5, 5.41) is 15.4. The molecule has 2 heterocycles. The van der Waals surface area contributed by atoms with E-state index in [4.69, 9.17) is 9.72 Å². The molecule has 206 valence electrons. The van der Waals surface area contributed by atoms with E-state index in [1.807, 2.05) is 25.9 Å². The molecule has 1 aliphatic heterocycles. The van der Waals surface area contributed by atoms with Crippen LogP contribution in [-0.4, -0.2) is 91.3 Å². The molecule has 1 fully saturated rings. The molecule has 2 aromatic rings. The number of rotatable bonds is 11. The normalized spacial score (nSPS) is 17.6. The number of aliphatic hydroxyl groups is 1. The molecular weight excluding hydrogens is 486 g/mol. The summed E-state index contributed by atoms with van der Waals surface area (Å²) in [7, 11) is 5.67. The average Bonchev–Trinajstić information content (AvgIpc) is 3.44. The Morgan fingerprint density at radius 2 is 2.03 bits per heavy atom. The summed E-state index contributed by atoms with van der Waals surface area (Å²) in [6, 6.07) is 5.11. The standard InChI is InChI=1S/C27H39N7O4/c1-5-21-26(37)33(4)22-17-29-27(31-24(22)34(21)19-8-6-7-9-19)30-20-11-10-18(16-23(20)38-15-14-35)25(36)28-12-13-32(2)3/h10-11,16-17,19,21,35H,5-9,12-15H2,1-4H3,(H,28,36)(H,29,30,31)/t21-/m1/s1. The Labute approximate surface area is 224 Å². The van der Waals surface area contributed by atoms with E-state index in [2.05, 4.69) is 20.5 Å². The van der Waals surface area contributed by atoms with Crippen LogP contribution in [-0.2, 0) is 4.79 Å². The van der Waals surface area contributed by atoms with Crippen LogP contribution in [0.5, 0.6) is 5.75 Å². The fourth-order valence-electron chi connectivity index (χ4n) is 5.10. The van der Waals surface area contributed by atoms with Crippen molar-refractivity contribution in [3.63, 3.8) is 0 Å². The van der Waals surface area contributed by atoms with E-state index in [1.165, 1.54) is 0 Å². The number of benzene rings is 1. The summed E-state index contributed by atoms with van der Waals surface area (Å²) < 4.78 is 5.75. The molecule has 38 heavy (non-hydrogen) atoms. The number of hydrogen-bond acceptors (Lipinski definition) is 9. The second-order valence-electron chi connectivity index (χ2n) is 10.0.